The van der Waals surface area contributed by atoms with Gasteiger partial charge in [0.25, 0.3) is 0 Å². The summed E-state index contributed by atoms with van der Waals surface area (Å²) in [5, 5.41) is 0. The third kappa shape index (κ3) is 5.20. The highest BCUT2D eigenvalue weighted by Gasteiger charge is 1.92. The molecular weight excluding hydrogens is 194 g/mol. The first-order valence-electron chi connectivity index (χ1n) is 5.56. The van der Waals surface area contributed by atoms with Gasteiger partial charge in [0.1, 0.15) is 0 Å². The predicted molar refractivity (Wildman–Crippen MR) is 75.2 cm³/mol. The summed E-state index contributed by atoms with van der Waals surface area (Å²) in [4.78, 5) is 0. The Morgan fingerprint density at radius 3 is 2.19 bits per heavy atom. The van der Waals surface area contributed by atoms with Gasteiger partial charge in [-0.3, -0.25) is 0 Å². The average molecular weight is 215 g/mol. The molecule has 0 aliphatic rings. The highest BCUT2D eigenvalue weighted by Crippen LogP contribution is 2.15. The van der Waals surface area contributed by atoms with Crippen molar-refractivity contribution < 1.29 is 0 Å². The van der Waals surface area contributed by atoms with Gasteiger partial charge in [-0.15, -0.1) is 0 Å². The molecule has 86 valence electrons. The van der Waals surface area contributed by atoms with Crippen molar-refractivity contribution in [2.45, 2.75) is 20.8 Å². The number of nitrogens with two attached hydrogens (primary N) is 1. The minimum Gasteiger partial charge on any atom is -0.399 e. The molecule has 0 bridgehead atoms. The predicted octanol–water partition coefficient (Wildman–Crippen LogP) is 4.44. The summed E-state index contributed by atoms with van der Waals surface area (Å²) in [7, 11) is 0. The molecule has 0 saturated carbocycles. The van der Waals surface area contributed by atoms with Crippen molar-refractivity contribution in [1.82, 2.24) is 0 Å². The lowest BCUT2D eigenvalue weighted by atomic mass is 10.1. The fraction of sp³-hybridized carbons (Fsp3) is 0.200. The van der Waals surface area contributed by atoms with Crippen molar-refractivity contribution >= 4 is 11.3 Å². The molecule has 0 spiro atoms. The molecule has 0 amide bonds. The second kappa shape index (κ2) is 8.54. The van der Waals surface area contributed by atoms with Crippen molar-refractivity contribution in [1.29, 1.82) is 0 Å². The summed E-state index contributed by atoms with van der Waals surface area (Å²) in [5.41, 5.74) is 8.80. The maximum Gasteiger partial charge on any atom is 0.0314 e. The Balaban J connectivity index is 0.00000106. The molecule has 0 saturated heterocycles. The van der Waals surface area contributed by atoms with Crippen molar-refractivity contribution in [3.05, 3.63) is 60.7 Å². The average Bonchev–Trinajstić information content (AvgIpc) is 2.33. The zero-order chi connectivity index (χ0) is 12.4. The van der Waals surface area contributed by atoms with Crippen molar-refractivity contribution in [2.75, 3.05) is 5.73 Å². The van der Waals surface area contributed by atoms with E-state index in [9.17, 15) is 0 Å². The Bertz CT molecular complexity index is 356. The van der Waals surface area contributed by atoms with Gasteiger partial charge in [-0.25, -0.2) is 0 Å². The van der Waals surface area contributed by atoms with Gasteiger partial charge in [-0.05, 0) is 30.2 Å². The molecular formula is C15H21N. The quantitative estimate of drug-likeness (QED) is 0.585. The van der Waals surface area contributed by atoms with Crippen LogP contribution in [-0.4, -0.2) is 0 Å². The van der Waals surface area contributed by atoms with Crippen LogP contribution in [0.1, 0.15) is 26.3 Å². The van der Waals surface area contributed by atoms with E-state index in [-0.39, 0.29) is 0 Å². The third-order valence-corrected chi connectivity index (χ3v) is 1.96. The van der Waals surface area contributed by atoms with Crippen molar-refractivity contribution in [3.63, 3.8) is 0 Å². The van der Waals surface area contributed by atoms with Crippen LogP contribution in [0, 0.1) is 0 Å². The Labute approximate surface area is 99.0 Å². The first kappa shape index (κ1) is 14.2. The maximum absolute atomic E-state index is 5.60. The first-order valence-corrected chi connectivity index (χ1v) is 5.56. The molecule has 16 heavy (non-hydrogen) atoms. The first-order chi connectivity index (χ1) is 7.74. The van der Waals surface area contributed by atoms with Gasteiger partial charge in [0.05, 0.1) is 0 Å². The van der Waals surface area contributed by atoms with Crippen LogP contribution in [0.4, 0.5) is 5.69 Å². The van der Waals surface area contributed by atoms with Crippen LogP contribution in [0.2, 0.25) is 0 Å². The molecule has 0 atom stereocenters. The van der Waals surface area contributed by atoms with Crippen LogP contribution >= 0.6 is 0 Å². The minimum absolute atomic E-state index is 0.795. The lowest BCUT2D eigenvalue weighted by Crippen LogP contribution is -1.84. The summed E-state index contributed by atoms with van der Waals surface area (Å²) in [6, 6.07) is 7.85. The summed E-state index contributed by atoms with van der Waals surface area (Å²) >= 11 is 0. The fourth-order valence-electron chi connectivity index (χ4n) is 1.12. The minimum atomic E-state index is 0.795. The van der Waals surface area contributed by atoms with Crippen LogP contribution < -0.4 is 5.73 Å². The van der Waals surface area contributed by atoms with E-state index in [2.05, 4.69) is 13.5 Å². The Kier molecular flexibility index (Phi) is 7.60. The summed E-state index contributed by atoms with van der Waals surface area (Å²) in [6.07, 6.45) is 7.68. The number of hydrogen-bond donors (Lipinski definition) is 1. The number of benzene rings is 1. The molecule has 0 aliphatic heterocycles. The standard InChI is InChI=1S/C13H15N.C2H6/c1-3-4-5-6-11(2)12-7-9-13(14)10-8-12;1-2/h3-10H,1,14H2,2H3;1-2H3/b5-4-,11-6+;. The molecule has 0 unspecified atom stereocenters. The molecule has 1 aromatic carbocycles. The Morgan fingerprint density at radius 1 is 1.12 bits per heavy atom. The van der Waals surface area contributed by atoms with Gasteiger partial charge >= 0.3 is 0 Å². The van der Waals surface area contributed by atoms with E-state index < -0.39 is 0 Å². The third-order valence-electron chi connectivity index (χ3n) is 1.96. The number of nitrogen functional groups attached to an aromatic ring is 1. The second-order valence-electron chi connectivity index (χ2n) is 3.09. The van der Waals surface area contributed by atoms with Gasteiger partial charge in [0.15, 0.2) is 0 Å². The summed E-state index contributed by atoms with van der Waals surface area (Å²) in [5.74, 6) is 0. The normalized spacial score (nSPS) is 10.8. The molecule has 1 rings (SSSR count). The molecule has 1 nitrogen and oxygen atoms in total. The summed E-state index contributed by atoms with van der Waals surface area (Å²) in [6.45, 7) is 9.68. The summed E-state index contributed by atoms with van der Waals surface area (Å²) < 4.78 is 0. The SMILES string of the molecule is C=C/C=C\C=C(/C)c1ccc(N)cc1.CC. The molecule has 0 fully saturated rings. The molecule has 0 heterocycles. The zero-order valence-electron chi connectivity index (χ0n) is 10.4. The van der Waals surface area contributed by atoms with E-state index in [4.69, 9.17) is 5.73 Å². The van der Waals surface area contributed by atoms with Crippen LogP contribution in [0.3, 0.4) is 0 Å². The highest BCUT2D eigenvalue weighted by atomic mass is 14.5. The van der Waals surface area contributed by atoms with Crippen molar-refractivity contribution in [3.8, 4) is 0 Å². The van der Waals surface area contributed by atoms with E-state index in [0.717, 1.165) is 5.69 Å². The largest absolute Gasteiger partial charge is 0.399 e. The molecule has 0 radical (unpaired) electrons. The molecule has 1 heteroatoms. The number of rotatable bonds is 3. The van der Waals surface area contributed by atoms with Crippen LogP contribution in [0.5, 0.6) is 0 Å². The maximum atomic E-state index is 5.60. The van der Waals surface area contributed by atoms with Crippen molar-refractivity contribution in [2.24, 2.45) is 0 Å². The number of hydrogen-bond acceptors (Lipinski definition) is 1. The van der Waals surface area contributed by atoms with Gasteiger partial charge in [-0.1, -0.05) is 56.9 Å². The fourth-order valence-corrected chi connectivity index (χ4v) is 1.12. The van der Waals surface area contributed by atoms with Gasteiger partial charge in [0, 0.05) is 5.69 Å². The number of allylic oxidation sites excluding steroid dienone is 5. The molecule has 1 aromatic rings. The van der Waals surface area contributed by atoms with Gasteiger partial charge < -0.3 is 5.73 Å². The monoisotopic (exact) mass is 215 g/mol. The lowest BCUT2D eigenvalue weighted by molar-refractivity contribution is 1.50. The topological polar surface area (TPSA) is 26.0 Å². The van der Waals surface area contributed by atoms with Crippen LogP contribution in [-0.2, 0) is 0 Å². The lowest BCUT2D eigenvalue weighted by Gasteiger charge is -2.00. The van der Waals surface area contributed by atoms with E-state index in [0.29, 0.717) is 0 Å². The number of anilines is 1. The Hall–Kier alpha value is -1.76. The van der Waals surface area contributed by atoms with Gasteiger partial charge in [0.2, 0.25) is 0 Å². The van der Waals surface area contributed by atoms with E-state index in [1.807, 2.05) is 56.3 Å². The second-order valence-corrected chi connectivity index (χ2v) is 3.09. The molecule has 2 N–H and O–H groups in total. The molecule has 0 aromatic heterocycles. The highest BCUT2D eigenvalue weighted by molar-refractivity contribution is 5.66. The van der Waals surface area contributed by atoms with E-state index in [1.54, 1.807) is 6.08 Å². The smallest absolute Gasteiger partial charge is 0.0314 e. The van der Waals surface area contributed by atoms with Gasteiger partial charge in [-0.2, -0.15) is 0 Å². The van der Waals surface area contributed by atoms with E-state index >= 15 is 0 Å². The van der Waals surface area contributed by atoms with Crippen LogP contribution in [0.15, 0.2) is 55.1 Å². The molecule has 0 aliphatic carbocycles. The Morgan fingerprint density at radius 2 is 1.69 bits per heavy atom. The van der Waals surface area contributed by atoms with Crippen LogP contribution in [0.25, 0.3) is 5.57 Å². The zero-order valence-corrected chi connectivity index (χ0v) is 10.4. The van der Waals surface area contributed by atoms with E-state index in [1.165, 1.54) is 11.1 Å².